The predicted molar refractivity (Wildman–Crippen MR) is 110 cm³/mol. The van der Waals surface area contributed by atoms with Gasteiger partial charge in [0.05, 0.1) is 10.6 Å². The van der Waals surface area contributed by atoms with E-state index in [1.165, 1.54) is 17.0 Å². The molecular weight excluding hydrogens is 392 g/mol. The maximum Gasteiger partial charge on any atom is 0.271 e. The third-order valence-electron chi connectivity index (χ3n) is 5.59. The molecule has 0 radical (unpaired) electrons. The number of nitrogens with zero attached hydrogens (tertiary/aromatic N) is 2. The molecule has 0 fully saturated rings. The van der Waals surface area contributed by atoms with Gasteiger partial charge in [0.15, 0.2) is 5.78 Å². The zero-order chi connectivity index (χ0) is 20.7. The fourth-order valence-corrected chi connectivity index (χ4v) is 4.33. The van der Waals surface area contributed by atoms with E-state index in [-0.39, 0.29) is 29.7 Å². The van der Waals surface area contributed by atoms with E-state index in [9.17, 15) is 19.7 Å². The first-order valence-electron chi connectivity index (χ1n) is 9.46. The number of aryl methyl sites for hydroxylation is 1. The molecule has 0 aromatic heterocycles. The lowest BCUT2D eigenvalue weighted by Gasteiger charge is -2.38. The highest BCUT2D eigenvalue weighted by Gasteiger charge is 2.40. The molecule has 2 aliphatic rings. The Kier molecular flexibility index (Phi) is 4.96. The number of hydrogen-bond donors (Lipinski definition) is 0. The molecule has 7 heteroatoms. The largest absolute Gasteiger partial charge is 0.294 e. The summed E-state index contributed by atoms with van der Waals surface area (Å²) in [4.78, 5) is 38.4. The van der Waals surface area contributed by atoms with E-state index in [1.54, 1.807) is 18.2 Å². The number of ketones is 1. The molecule has 0 N–H and O–H groups in total. The van der Waals surface area contributed by atoms with Crippen LogP contribution in [0.1, 0.15) is 42.7 Å². The highest BCUT2D eigenvalue weighted by molar-refractivity contribution is 6.30. The number of rotatable bonds is 3. The quantitative estimate of drug-likeness (QED) is 0.521. The van der Waals surface area contributed by atoms with Crippen molar-refractivity contribution in [2.45, 2.75) is 38.5 Å². The molecule has 4 rings (SSSR count). The number of nitro groups is 1. The van der Waals surface area contributed by atoms with Crippen LogP contribution in [0, 0.1) is 17.0 Å². The molecule has 1 aliphatic carbocycles. The number of hydrogen-bond acceptors (Lipinski definition) is 4. The lowest BCUT2D eigenvalue weighted by molar-refractivity contribution is -0.384. The van der Waals surface area contributed by atoms with Gasteiger partial charge in [0.2, 0.25) is 5.91 Å². The Morgan fingerprint density at radius 1 is 1.10 bits per heavy atom. The second-order valence-corrected chi connectivity index (χ2v) is 7.84. The summed E-state index contributed by atoms with van der Waals surface area (Å²) in [5.41, 5.74) is 3.33. The van der Waals surface area contributed by atoms with Gasteiger partial charge in [-0.25, -0.2) is 0 Å². The fourth-order valence-electron chi connectivity index (χ4n) is 4.20. The van der Waals surface area contributed by atoms with Crippen LogP contribution >= 0.6 is 11.6 Å². The molecule has 0 spiro atoms. The maximum atomic E-state index is 13.2. The van der Waals surface area contributed by atoms with Crippen molar-refractivity contribution in [2.24, 2.45) is 0 Å². The van der Waals surface area contributed by atoms with E-state index < -0.39 is 4.92 Å². The smallest absolute Gasteiger partial charge is 0.271 e. The highest BCUT2D eigenvalue weighted by atomic mass is 35.5. The van der Waals surface area contributed by atoms with E-state index in [2.05, 4.69) is 0 Å². The summed E-state index contributed by atoms with van der Waals surface area (Å²) in [5.74, 6) is -0.452. The Morgan fingerprint density at radius 3 is 2.52 bits per heavy atom. The Bertz CT molecular complexity index is 1060. The minimum Gasteiger partial charge on any atom is -0.294 e. The number of carbonyl (C=O) groups is 2. The number of nitro benzene ring substituents is 1. The summed E-state index contributed by atoms with van der Waals surface area (Å²) in [6.45, 7) is 1.81. The number of carbonyl (C=O) groups excluding carboxylic acids is 2. The third kappa shape index (κ3) is 3.44. The number of allylic oxidation sites excluding steroid dienone is 2. The van der Waals surface area contributed by atoms with Gasteiger partial charge < -0.3 is 0 Å². The van der Waals surface area contributed by atoms with Crippen LogP contribution in [0.3, 0.4) is 0 Å². The van der Waals surface area contributed by atoms with Crippen molar-refractivity contribution in [1.82, 2.24) is 0 Å². The van der Waals surface area contributed by atoms with Crippen LogP contribution in [0.4, 0.5) is 11.4 Å². The number of non-ortho nitro benzene ring substituents is 1. The second-order valence-electron chi connectivity index (χ2n) is 7.40. The molecule has 1 unspecified atom stereocenters. The van der Waals surface area contributed by atoms with Crippen molar-refractivity contribution in [1.29, 1.82) is 0 Å². The van der Waals surface area contributed by atoms with Gasteiger partial charge in [0, 0.05) is 47.2 Å². The van der Waals surface area contributed by atoms with Gasteiger partial charge in [-0.2, -0.15) is 0 Å². The normalized spacial score (nSPS) is 19.4. The fraction of sp³-hybridized carbons (Fsp3) is 0.273. The number of amides is 1. The van der Waals surface area contributed by atoms with Gasteiger partial charge in [-0.05, 0) is 43.0 Å². The van der Waals surface area contributed by atoms with Crippen molar-refractivity contribution < 1.29 is 14.5 Å². The Morgan fingerprint density at radius 2 is 1.83 bits per heavy atom. The van der Waals surface area contributed by atoms with Crippen LogP contribution in [0.15, 0.2) is 53.7 Å². The van der Waals surface area contributed by atoms with E-state index in [0.29, 0.717) is 41.2 Å². The number of anilines is 1. The average molecular weight is 411 g/mol. The van der Waals surface area contributed by atoms with Crippen molar-refractivity contribution in [3.05, 3.63) is 80.0 Å². The molecule has 29 heavy (non-hydrogen) atoms. The summed E-state index contributed by atoms with van der Waals surface area (Å²) in [6, 6.07) is 11.7. The summed E-state index contributed by atoms with van der Waals surface area (Å²) in [6.07, 6.45) is 1.81. The van der Waals surface area contributed by atoms with Crippen LogP contribution in [-0.2, 0) is 9.59 Å². The second kappa shape index (κ2) is 7.44. The lowest BCUT2D eigenvalue weighted by atomic mass is 9.77. The first-order chi connectivity index (χ1) is 13.9. The molecule has 1 heterocycles. The van der Waals surface area contributed by atoms with Gasteiger partial charge in [0.25, 0.3) is 5.69 Å². The minimum absolute atomic E-state index is 0.0341. The van der Waals surface area contributed by atoms with E-state index in [0.717, 1.165) is 11.1 Å². The third-order valence-corrected chi connectivity index (χ3v) is 5.84. The molecule has 1 aliphatic heterocycles. The van der Waals surface area contributed by atoms with E-state index in [4.69, 9.17) is 11.6 Å². The highest BCUT2D eigenvalue weighted by Crippen LogP contribution is 2.44. The van der Waals surface area contributed by atoms with E-state index >= 15 is 0 Å². The summed E-state index contributed by atoms with van der Waals surface area (Å²) in [5, 5.41) is 11.8. The molecule has 0 saturated carbocycles. The monoisotopic (exact) mass is 410 g/mol. The molecular formula is C22H19ClN2O4. The zero-order valence-electron chi connectivity index (χ0n) is 15.9. The number of benzene rings is 2. The molecule has 1 amide bonds. The average Bonchev–Trinajstić information content (AvgIpc) is 2.69. The first-order valence-corrected chi connectivity index (χ1v) is 9.84. The SMILES string of the molecule is Cc1ccc([N+](=O)[O-])cc1N1C(=O)CC(c2ccc(Cl)cc2)C2=C1CCCC2=O. The predicted octanol–water partition coefficient (Wildman–Crippen LogP) is 5.08. The first kappa shape index (κ1) is 19.3. The van der Waals surface area contributed by atoms with Gasteiger partial charge in [0.1, 0.15) is 0 Å². The van der Waals surface area contributed by atoms with Crippen LogP contribution in [0.25, 0.3) is 0 Å². The van der Waals surface area contributed by atoms with Crippen LogP contribution in [0.5, 0.6) is 0 Å². The molecule has 0 bridgehead atoms. The molecule has 2 aromatic carbocycles. The Balaban J connectivity index is 1.88. The molecule has 1 atom stereocenters. The van der Waals surface area contributed by atoms with Crippen LogP contribution in [-0.4, -0.2) is 16.6 Å². The van der Waals surface area contributed by atoms with Gasteiger partial charge in [-0.3, -0.25) is 24.6 Å². The van der Waals surface area contributed by atoms with Crippen molar-refractivity contribution in [3.63, 3.8) is 0 Å². The Labute approximate surface area is 172 Å². The van der Waals surface area contributed by atoms with Crippen LogP contribution in [0.2, 0.25) is 5.02 Å². The van der Waals surface area contributed by atoms with Gasteiger partial charge >= 0.3 is 0 Å². The molecule has 6 nitrogen and oxygen atoms in total. The number of halogens is 1. The van der Waals surface area contributed by atoms with Gasteiger partial charge in [-0.15, -0.1) is 0 Å². The van der Waals surface area contributed by atoms with E-state index in [1.807, 2.05) is 19.1 Å². The van der Waals surface area contributed by atoms with Crippen molar-refractivity contribution in [3.8, 4) is 0 Å². The standard InChI is InChI=1S/C22H19ClN2O4/c1-13-5-10-16(25(28)29)11-19(13)24-18-3-2-4-20(26)22(18)17(12-21(24)27)14-6-8-15(23)9-7-14/h5-11,17H,2-4,12H2,1H3. The maximum absolute atomic E-state index is 13.2. The van der Waals surface area contributed by atoms with Crippen molar-refractivity contribution in [2.75, 3.05) is 4.90 Å². The van der Waals surface area contributed by atoms with Crippen LogP contribution < -0.4 is 4.90 Å². The molecule has 148 valence electrons. The topological polar surface area (TPSA) is 80.5 Å². The summed E-state index contributed by atoms with van der Waals surface area (Å²) < 4.78 is 0. The number of Topliss-reactive ketones (excluding diaryl/α,β-unsaturated/α-hetero) is 1. The zero-order valence-corrected chi connectivity index (χ0v) is 16.6. The molecule has 0 saturated heterocycles. The summed E-state index contributed by atoms with van der Waals surface area (Å²) in [7, 11) is 0. The van der Waals surface area contributed by atoms with Gasteiger partial charge in [-0.1, -0.05) is 29.8 Å². The summed E-state index contributed by atoms with van der Waals surface area (Å²) >= 11 is 6.00. The minimum atomic E-state index is -0.477. The molecule has 2 aromatic rings. The Hall–Kier alpha value is -2.99. The van der Waals surface area contributed by atoms with Crippen molar-refractivity contribution >= 4 is 34.7 Å². The lowest BCUT2D eigenvalue weighted by Crippen LogP contribution is -2.40.